The van der Waals surface area contributed by atoms with Crippen LogP contribution in [-0.2, 0) is 11.2 Å². The van der Waals surface area contributed by atoms with E-state index in [2.05, 4.69) is 85.6 Å². The highest BCUT2D eigenvalue weighted by atomic mass is 16.1. The average molecular weight is 455 g/mol. The topological polar surface area (TPSA) is 49.6 Å². The number of pyridine rings is 1. The molecule has 0 atom stereocenters. The molecule has 0 aliphatic heterocycles. The third kappa shape index (κ3) is 4.56. The summed E-state index contributed by atoms with van der Waals surface area (Å²) in [5.74, 6) is -0.0490. The highest BCUT2D eigenvalue weighted by Gasteiger charge is 2.19. The molecule has 0 radical (unpaired) electrons. The van der Waals surface area contributed by atoms with Crippen LogP contribution in [0.25, 0.3) is 16.9 Å². The number of hydrogen-bond donors (Lipinski definition) is 1. The monoisotopic (exact) mass is 454 g/mol. The molecule has 1 amide bonds. The normalized spacial score (nSPS) is 11.1. The van der Waals surface area contributed by atoms with Crippen molar-refractivity contribution in [1.29, 1.82) is 0 Å². The first-order valence-corrected chi connectivity index (χ1v) is 12.0. The molecule has 2 heterocycles. The van der Waals surface area contributed by atoms with Crippen molar-refractivity contribution in [3.8, 4) is 11.3 Å². The van der Waals surface area contributed by atoms with Crippen molar-refractivity contribution in [1.82, 2.24) is 9.38 Å². The number of aromatic nitrogens is 2. The van der Waals surface area contributed by atoms with E-state index in [1.165, 1.54) is 16.8 Å². The Kier molecular flexibility index (Phi) is 6.73. The third-order valence-corrected chi connectivity index (χ3v) is 6.67. The van der Waals surface area contributed by atoms with Crippen LogP contribution in [0.5, 0.6) is 0 Å². The van der Waals surface area contributed by atoms with Gasteiger partial charge in [0, 0.05) is 36.2 Å². The third-order valence-electron chi connectivity index (χ3n) is 6.67. The van der Waals surface area contributed by atoms with Crippen LogP contribution < -0.4 is 10.2 Å². The van der Waals surface area contributed by atoms with Crippen LogP contribution in [0, 0.1) is 27.7 Å². The van der Waals surface area contributed by atoms with Gasteiger partial charge < -0.3 is 14.6 Å². The number of amides is 1. The number of aryl methyl sites for hydroxylation is 4. The van der Waals surface area contributed by atoms with E-state index in [-0.39, 0.29) is 12.3 Å². The summed E-state index contributed by atoms with van der Waals surface area (Å²) in [4.78, 5) is 20.5. The number of benzene rings is 2. The summed E-state index contributed by atoms with van der Waals surface area (Å²) in [6.45, 7) is 14.5. The second-order valence-corrected chi connectivity index (χ2v) is 8.99. The van der Waals surface area contributed by atoms with Crippen molar-refractivity contribution in [2.45, 2.75) is 48.0 Å². The van der Waals surface area contributed by atoms with Crippen LogP contribution in [0.1, 0.15) is 41.8 Å². The van der Waals surface area contributed by atoms with Gasteiger partial charge in [0.15, 0.2) is 0 Å². The van der Waals surface area contributed by atoms with Gasteiger partial charge in [0.1, 0.15) is 5.65 Å². The Morgan fingerprint density at radius 2 is 1.68 bits per heavy atom. The summed E-state index contributed by atoms with van der Waals surface area (Å²) in [5, 5.41) is 3.13. The highest BCUT2D eigenvalue weighted by molar-refractivity contribution is 5.94. The van der Waals surface area contributed by atoms with Gasteiger partial charge >= 0.3 is 0 Å². The number of carbonyl (C=O) groups excluding carboxylic acids is 1. The Morgan fingerprint density at radius 1 is 0.912 bits per heavy atom. The molecule has 34 heavy (non-hydrogen) atoms. The number of nitrogens with one attached hydrogen (secondary N) is 1. The first-order valence-electron chi connectivity index (χ1n) is 12.0. The predicted molar refractivity (Wildman–Crippen MR) is 142 cm³/mol. The van der Waals surface area contributed by atoms with E-state index in [0.717, 1.165) is 52.5 Å². The van der Waals surface area contributed by atoms with E-state index in [1.54, 1.807) is 0 Å². The van der Waals surface area contributed by atoms with E-state index in [4.69, 9.17) is 4.98 Å². The molecule has 0 saturated carbocycles. The van der Waals surface area contributed by atoms with Crippen LogP contribution in [-0.4, -0.2) is 28.4 Å². The van der Waals surface area contributed by atoms with Crippen molar-refractivity contribution in [2.75, 3.05) is 23.3 Å². The molecule has 0 bridgehead atoms. The molecular weight excluding hydrogens is 420 g/mol. The molecule has 0 saturated heterocycles. The minimum absolute atomic E-state index is 0.0490. The van der Waals surface area contributed by atoms with Crippen molar-refractivity contribution < 1.29 is 4.79 Å². The Bertz CT molecular complexity index is 1350. The molecule has 0 unspecified atom stereocenters. The molecule has 176 valence electrons. The maximum absolute atomic E-state index is 13.2. The number of fused-ring (bicyclic) bond motifs is 1. The number of carbonyl (C=O) groups is 1. The van der Waals surface area contributed by atoms with Gasteiger partial charge in [0.05, 0.1) is 17.8 Å². The Hall–Kier alpha value is -3.60. The molecule has 0 fully saturated rings. The smallest absolute Gasteiger partial charge is 0.230 e. The van der Waals surface area contributed by atoms with Gasteiger partial charge in [0.2, 0.25) is 5.91 Å². The van der Waals surface area contributed by atoms with Crippen molar-refractivity contribution in [2.24, 2.45) is 0 Å². The Labute approximate surface area is 202 Å². The van der Waals surface area contributed by atoms with Crippen LogP contribution in [0.2, 0.25) is 0 Å². The summed E-state index contributed by atoms with van der Waals surface area (Å²) in [6.07, 6.45) is 2.23. The maximum Gasteiger partial charge on any atom is 0.230 e. The molecular formula is C29H34N4O. The zero-order valence-corrected chi connectivity index (χ0v) is 21.1. The molecule has 0 spiro atoms. The van der Waals surface area contributed by atoms with E-state index in [1.807, 2.05) is 25.3 Å². The largest absolute Gasteiger partial charge is 0.372 e. The average Bonchev–Trinajstić information content (AvgIpc) is 3.18. The summed E-state index contributed by atoms with van der Waals surface area (Å²) < 4.78 is 2.05. The minimum Gasteiger partial charge on any atom is -0.372 e. The van der Waals surface area contributed by atoms with E-state index >= 15 is 0 Å². The second-order valence-electron chi connectivity index (χ2n) is 8.99. The summed E-state index contributed by atoms with van der Waals surface area (Å²) in [6, 6.07) is 16.6. The molecule has 5 nitrogen and oxygen atoms in total. The van der Waals surface area contributed by atoms with Gasteiger partial charge in [-0.25, -0.2) is 4.98 Å². The quantitative estimate of drug-likeness (QED) is 0.358. The molecule has 4 aromatic rings. The van der Waals surface area contributed by atoms with E-state index in [9.17, 15) is 4.79 Å². The molecule has 0 aliphatic rings. The predicted octanol–water partition coefficient (Wildman–Crippen LogP) is 6.26. The fraction of sp³-hybridized carbons (Fsp3) is 0.310. The number of hydrogen-bond acceptors (Lipinski definition) is 3. The van der Waals surface area contributed by atoms with Gasteiger partial charge in [-0.15, -0.1) is 0 Å². The van der Waals surface area contributed by atoms with Crippen molar-refractivity contribution in [3.63, 3.8) is 0 Å². The van der Waals surface area contributed by atoms with Gasteiger partial charge in [-0.05, 0) is 94.1 Å². The van der Waals surface area contributed by atoms with Crippen LogP contribution in [0.3, 0.4) is 0 Å². The molecule has 1 N–H and O–H groups in total. The number of anilines is 2. The Morgan fingerprint density at radius 3 is 2.35 bits per heavy atom. The fourth-order valence-electron chi connectivity index (χ4n) is 4.46. The van der Waals surface area contributed by atoms with E-state index in [0.29, 0.717) is 0 Å². The zero-order valence-electron chi connectivity index (χ0n) is 21.1. The number of imidazole rings is 1. The lowest BCUT2D eigenvalue weighted by atomic mass is 10.0. The second kappa shape index (κ2) is 9.72. The van der Waals surface area contributed by atoms with Gasteiger partial charge in [-0.1, -0.05) is 18.2 Å². The molecule has 2 aromatic heterocycles. The first-order chi connectivity index (χ1) is 16.3. The van der Waals surface area contributed by atoms with Crippen LogP contribution in [0.15, 0.2) is 54.7 Å². The fourth-order valence-corrected chi connectivity index (χ4v) is 4.46. The molecule has 5 heteroatoms. The molecule has 0 aliphatic carbocycles. The lowest BCUT2D eigenvalue weighted by Gasteiger charge is -2.22. The molecule has 4 rings (SSSR count). The highest BCUT2D eigenvalue weighted by Crippen LogP contribution is 2.29. The number of rotatable bonds is 7. The Balaban J connectivity index is 1.67. The number of nitrogens with zero attached hydrogens (tertiary/aromatic N) is 3. The van der Waals surface area contributed by atoms with Crippen molar-refractivity contribution >= 4 is 22.9 Å². The lowest BCUT2D eigenvalue weighted by Crippen LogP contribution is -2.22. The zero-order chi connectivity index (χ0) is 24.4. The van der Waals surface area contributed by atoms with E-state index < -0.39 is 0 Å². The van der Waals surface area contributed by atoms with Gasteiger partial charge in [-0.3, -0.25) is 4.79 Å². The maximum atomic E-state index is 13.2. The minimum atomic E-state index is -0.0490. The summed E-state index contributed by atoms with van der Waals surface area (Å²) >= 11 is 0. The first kappa shape index (κ1) is 23.6. The molecule has 2 aromatic carbocycles. The summed E-state index contributed by atoms with van der Waals surface area (Å²) in [5.41, 5.74) is 10.3. The lowest BCUT2D eigenvalue weighted by molar-refractivity contribution is -0.115. The van der Waals surface area contributed by atoms with Crippen LogP contribution in [0.4, 0.5) is 11.4 Å². The van der Waals surface area contributed by atoms with Gasteiger partial charge in [0.25, 0.3) is 0 Å². The van der Waals surface area contributed by atoms with Crippen molar-refractivity contribution in [3.05, 3.63) is 82.7 Å². The SMILES string of the molecule is CCN(CC)c1ccc(NC(=O)Cc2c(-c3ccc(C)c(C)c3)nc3c(C)cccn23)c(C)c1. The standard InChI is InChI=1S/C29H34N4O/c1-7-32(8-2)24-13-14-25(22(6)17-24)30-27(34)18-26-28(23-12-11-19(3)21(5)16-23)31-29-20(4)10-9-15-33(26)29/h9-17H,7-8,18H2,1-6H3,(H,30,34). The van der Waals surface area contributed by atoms with Gasteiger partial charge in [-0.2, -0.15) is 0 Å². The summed E-state index contributed by atoms with van der Waals surface area (Å²) in [7, 11) is 0. The van der Waals surface area contributed by atoms with Crippen LogP contribution >= 0.6 is 0 Å².